The largest absolute Gasteiger partial charge is 0.373 e. The molecular formula is C25H38N6O2. The third kappa shape index (κ3) is 5.54. The van der Waals surface area contributed by atoms with Crippen molar-refractivity contribution in [3.63, 3.8) is 0 Å². The highest BCUT2D eigenvalue weighted by Crippen LogP contribution is 2.39. The molecule has 180 valence electrons. The SMILES string of the molecule is CC[C@H](C)C(=O)NC(O)C1(C)CCC(Nc2nccc(-c3cnn(C)c3CC3CC3)n2)CC1. The minimum atomic E-state index is -0.824. The van der Waals surface area contributed by atoms with E-state index in [1.807, 2.05) is 37.8 Å². The highest BCUT2D eigenvalue weighted by Gasteiger charge is 2.38. The molecule has 0 radical (unpaired) electrons. The smallest absolute Gasteiger partial charge is 0.224 e. The van der Waals surface area contributed by atoms with Crippen LogP contribution in [0.5, 0.6) is 0 Å². The van der Waals surface area contributed by atoms with E-state index in [0.717, 1.165) is 55.7 Å². The third-order valence-corrected chi connectivity index (χ3v) is 7.63. The van der Waals surface area contributed by atoms with Crippen LogP contribution in [0.2, 0.25) is 0 Å². The molecule has 2 aromatic rings. The van der Waals surface area contributed by atoms with Gasteiger partial charge in [0.25, 0.3) is 0 Å². The van der Waals surface area contributed by atoms with Crippen LogP contribution in [-0.2, 0) is 18.3 Å². The lowest BCUT2D eigenvalue weighted by atomic mass is 9.72. The van der Waals surface area contributed by atoms with Crippen LogP contribution in [0.3, 0.4) is 0 Å². The van der Waals surface area contributed by atoms with Gasteiger partial charge in [-0.25, -0.2) is 9.97 Å². The molecule has 2 fully saturated rings. The molecule has 2 aliphatic rings. The van der Waals surface area contributed by atoms with Gasteiger partial charge in [-0.2, -0.15) is 5.10 Å². The highest BCUT2D eigenvalue weighted by atomic mass is 16.3. The first-order chi connectivity index (χ1) is 15.8. The van der Waals surface area contributed by atoms with E-state index in [9.17, 15) is 9.90 Å². The van der Waals surface area contributed by atoms with Crippen LogP contribution in [0.25, 0.3) is 11.3 Å². The van der Waals surface area contributed by atoms with Crippen molar-refractivity contribution in [1.29, 1.82) is 0 Å². The van der Waals surface area contributed by atoms with Crippen molar-refractivity contribution in [2.75, 3.05) is 5.32 Å². The topological polar surface area (TPSA) is 105 Å². The maximum Gasteiger partial charge on any atom is 0.224 e. The van der Waals surface area contributed by atoms with Gasteiger partial charge in [0.2, 0.25) is 11.9 Å². The fraction of sp³-hybridized carbons (Fsp3) is 0.680. The summed E-state index contributed by atoms with van der Waals surface area (Å²) in [5.74, 6) is 1.25. The Kier molecular flexibility index (Phi) is 7.02. The molecule has 2 saturated carbocycles. The second kappa shape index (κ2) is 9.79. The Bertz CT molecular complexity index is 962. The van der Waals surface area contributed by atoms with Crippen molar-refractivity contribution in [2.45, 2.75) is 84.4 Å². The van der Waals surface area contributed by atoms with Gasteiger partial charge in [0.1, 0.15) is 6.23 Å². The lowest BCUT2D eigenvalue weighted by Crippen LogP contribution is -2.50. The average molecular weight is 455 g/mol. The zero-order valence-electron chi connectivity index (χ0n) is 20.3. The van der Waals surface area contributed by atoms with E-state index in [1.165, 1.54) is 18.5 Å². The number of rotatable bonds is 9. The number of hydrogen-bond donors (Lipinski definition) is 3. The third-order valence-electron chi connectivity index (χ3n) is 7.63. The summed E-state index contributed by atoms with van der Waals surface area (Å²) in [5.41, 5.74) is 2.91. The summed E-state index contributed by atoms with van der Waals surface area (Å²) in [7, 11) is 2.00. The number of nitrogens with zero attached hydrogens (tertiary/aromatic N) is 4. The quantitative estimate of drug-likeness (QED) is 0.499. The van der Waals surface area contributed by atoms with Gasteiger partial charge in [-0.3, -0.25) is 9.48 Å². The molecule has 33 heavy (non-hydrogen) atoms. The molecule has 0 aliphatic heterocycles. The number of aliphatic hydroxyl groups excluding tert-OH is 1. The molecular weight excluding hydrogens is 416 g/mol. The highest BCUT2D eigenvalue weighted by molar-refractivity contribution is 5.78. The van der Waals surface area contributed by atoms with Gasteiger partial charge in [0, 0.05) is 41.9 Å². The van der Waals surface area contributed by atoms with Crippen molar-refractivity contribution in [2.24, 2.45) is 24.3 Å². The van der Waals surface area contributed by atoms with E-state index in [-0.39, 0.29) is 23.3 Å². The van der Waals surface area contributed by atoms with Crippen LogP contribution in [0, 0.1) is 17.3 Å². The monoisotopic (exact) mass is 454 g/mol. The Morgan fingerprint density at radius 1 is 1.30 bits per heavy atom. The van der Waals surface area contributed by atoms with Crippen LogP contribution in [0.15, 0.2) is 18.5 Å². The number of nitrogens with one attached hydrogen (secondary N) is 2. The fourth-order valence-corrected chi connectivity index (χ4v) is 4.61. The maximum atomic E-state index is 12.2. The van der Waals surface area contributed by atoms with Crippen LogP contribution in [0.1, 0.15) is 71.4 Å². The Hall–Kier alpha value is -2.48. The summed E-state index contributed by atoms with van der Waals surface area (Å²) in [4.78, 5) is 21.5. The minimum absolute atomic E-state index is 0.0758. The number of carbonyl (C=O) groups is 1. The lowest BCUT2D eigenvalue weighted by Gasteiger charge is -2.41. The normalized spacial score (nSPS) is 24.8. The molecule has 1 amide bonds. The van der Waals surface area contributed by atoms with Gasteiger partial charge in [-0.15, -0.1) is 0 Å². The summed E-state index contributed by atoms with van der Waals surface area (Å²) in [6.45, 7) is 5.93. The van der Waals surface area contributed by atoms with Gasteiger partial charge >= 0.3 is 0 Å². The van der Waals surface area contributed by atoms with Crippen LogP contribution < -0.4 is 10.6 Å². The molecule has 3 N–H and O–H groups in total. The van der Waals surface area contributed by atoms with Gasteiger partial charge < -0.3 is 15.7 Å². The number of carbonyl (C=O) groups excluding carboxylic acids is 1. The summed E-state index contributed by atoms with van der Waals surface area (Å²) >= 11 is 0. The molecule has 1 unspecified atom stereocenters. The van der Waals surface area contributed by atoms with Crippen molar-refractivity contribution < 1.29 is 9.90 Å². The minimum Gasteiger partial charge on any atom is -0.373 e. The number of anilines is 1. The molecule has 0 spiro atoms. The number of aromatic nitrogens is 4. The summed E-state index contributed by atoms with van der Waals surface area (Å²) < 4.78 is 1.97. The first kappa shape index (κ1) is 23.7. The Balaban J connectivity index is 1.36. The Morgan fingerprint density at radius 2 is 2.03 bits per heavy atom. The second-order valence-electron chi connectivity index (χ2n) is 10.3. The first-order valence-corrected chi connectivity index (χ1v) is 12.4. The molecule has 8 heteroatoms. The molecule has 2 aliphatic carbocycles. The molecule has 2 aromatic heterocycles. The van der Waals surface area contributed by atoms with E-state index < -0.39 is 6.23 Å². The van der Waals surface area contributed by atoms with Crippen molar-refractivity contribution in [1.82, 2.24) is 25.1 Å². The van der Waals surface area contributed by atoms with E-state index in [2.05, 4.69) is 27.6 Å². The van der Waals surface area contributed by atoms with E-state index >= 15 is 0 Å². The van der Waals surface area contributed by atoms with Crippen molar-refractivity contribution in [3.8, 4) is 11.3 Å². The standard InChI is InChI=1S/C25H38N6O2/c1-5-16(2)22(32)30-23(33)25(3)11-8-18(9-12-25)28-24-26-13-10-20(29-24)19-15-27-31(4)21(19)14-17-6-7-17/h10,13,15-18,23,33H,5-9,11-12,14H2,1-4H3,(H,30,32)(H,26,28,29)/t16-,18?,23?,25?/m0/s1. The fourth-order valence-electron chi connectivity index (χ4n) is 4.61. The average Bonchev–Trinajstić information content (AvgIpc) is 3.56. The van der Waals surface area contributed by atoms with E-state index in [0.29, 0.717) is 5.95 Å². The molecule has 8 nitrogen and oxygen atoms in total. The number of amides is 1. The Morgan fingerprint density at radius 3 is 2.70 bits per heavy atom. The second-order valence-corrected chi connectivity index (χ2v) is 10.3. The summed E-state index contributed by atoms with van der Waals surface area (Å²) in [6.07, 6.45) is 10.7. The predicted octanol–water partition coefficient (Wildman–Crippen LogP) is 3.67. The number of aliphatic hydroxyl groups is 1. The van der Waals surface area contributed by atoms with Gasteiger partial charge in [0.05, 0.1) is 11.9 Å². The van der Waals surface area contributed by atoms with Crippen LogP contribution in [-0.4, -0.2) is 43.0 Å². The van der Waals surface area contributed by atoms with Crippen molar-refractivity contribution in [3.05, 3.63) is 24.2 Å². The molecule has 2 atom stereocenters. The lowest BCUT2D eigenvalue weighted by molar-refractivity contribution is -0.131. The van der Waals surface area contributed by atoms with E-state index in [1.54, 1.807) is 6.20 Å². The summed E-state index contributed by atoms with van der Waals surface area (Å²) in [6, 6.07) is 2.19. The molecule has 0 bridgehead atoms. The summed E-state index contributed by atoms with van der Waals surface area (Å²) in [5, 5.41) is 21.5. The number of aryl methyl sites for hydroxylation is 1. The molecule has 0 aromatic carbocycles. The van der Waals surface area contributed by atoms with Crippen molar-refractivity contribution >= 4 is 11.9 Å². The Labute approximate surface area is 196 Å². The zero-order valence-corrected chi connectivity index (χ0v) is 20.3. The van der Waals surface area contributed by atoms with Crippen LogP contribution >= 0.6 is 0 Å². The van der Waals surface area contributed by atoms with Crippen LogP contribution in [0.4, 0.5) is 5.95 Å². The van der Waals surface area contributed by atoms with Gasteiger partial charge in [0.15, 0.2) is 0 Å². The van der Waals surface area contributed by atoms with Gasteiger partial charge in [-0.05, 0) is 63.4 Å². The molecule has 0 saturated heterocycles. The number of hydrogen-bond acceptors (Lipinski definition) is 6. The molecule has 4 rings (SSSR count). The first-order valence-electron chi connectivity index (χ1n) is 12.4. The van der Waals surface area contributed by atoms with E-state index in [4.69, 9.17) is 4.98 Å². The van der Waals surface area contributed by atoms with Gasteiger partial charge in [-0.1, -0.05) is 20.8 Å². The maximum absolute atomic E-state index is 12.2. The zero-order chi connectivity index (χ0) is 23.6. The predicted molar refractivity (Wildman–Crippen MR) is 128 cm³/mol. The molecule has 2 heterocycles.